The van der Waals surface area contributed by atoms with E-state index in [1.807, 2.05) is 6.20 Å². The maximum atomic E-state index is 4.40. The lowest BCUT2D eigenvalue weighted by molar-refractivity contribution is 1.40. The molecule has 0 fully saturated rings. The molecule has 1 aliphatic heterocycles. The summed E-state index contributed by atoms with van der Waals surface area (Å²) in [6.07, 6.45) is 7.21. The fraction of sp³-hybridized carbons (Fsp3) is 0.214. The van der Waals surface area contributed by atoms with Crippen LogP contribution in [-0.4, -0.2) is 5.71 Å². The average Bonchev–Trinajstić information content (AvgIpc) is 2.44. The molecule has 1 aromatic carbocycles. The van der Waals surface area contributed by atoms with Crippen LogP contribution < -0.4 is 0 Å². The normalized spacial score (nSPS) is 15.6. The number of nitrogens with zero attached hydrogens (tertiary/aromatic N) is 1. The molecule has 0 aliphatic carbocycles. The minimum atomic E-state index is 0.950. The molecule has 0 N–H and O–H groups in total. The third-order valence-electron chi connectivity index (χ3n) is 2.52. The summed E-state index contributed by atoms with van der Waals surface area (Å²) in [5.74, 6) is 0. The Labute approximate surface area is 90.9 Å². The van der Waals surface area contributed by atoms with Crippen LogP contribution in [0, 0.1) is 6.92 Å². The van der Waals surface area contributed by atoms with Gasteiger partial charge in [0.05, 0.1) is 0 Å². The first-order valence-corrected chi connectivity index (χ1v) is 5.23. The quantitative estimate of drug-likeness (QED) is 0.650. The van der Waals surface area contributed by atoms with Crippen molar-refractivity contribution in [3.05, 3.63) is 53.7 Å². The summed E-state index contributed by atoms with van der Waals surface area (Å²) in [7, 11) is 0. The predicted octanol–water partition coefficient (Wildman–Crippen LogP) is 3.76. The van der Waals surface area contributed by atoms with Gasteiger partial charge in [-0.25, -0.2) is 0 Å². The van der Waals surface area contributed by atoms with Gasteiger partial charge in [0.1, 0.15) is 0 Å². The summed E-state index contributed by atoms with van der Waals surface area (Å²) in [6, 6.07) is 8.54. The summed E-state index contributed by atoms with van der Waals surface area (Å²) in [6.45, 7) is 4.16. The third-order valence-corrected chi connectivity index (χ3v) is 2.52. The van der Waals surface area contributed by atoms with Crippen LogP contribution in [-0.2, 0) is 0 Å². The first-order valence-electron chi connectivity index (χ1n) is 5.23. The van der Waals surface area contributed by atoms with Crippen LogP contribution in [0.2, 0.25) is 0 Å². The molecule has 1 aromatic rings. The highest BCUT2D eigenvalue weighted by atomic mass is 14.7. The van der Waals surface area contributed by atoms with E-state index in [9.17, 15) is 0 Å². The molecule has 0 radical (unpaired) electrons. The summed E-state index contributed by atoms with van der Waals surface area (Å²) in [4.78, 5) is 4.40. The Morgan fingerprint density at radius 2 is 1.80 bits per heavy atom. The smallest absolute Gasteiger partial charge is 0.0345 e. The van der Waals surface area contributed by atoms with Crippen molar-refractivity contribution >= 4 is 11.3 Å². The summed E-state index contributed by atoms with van der Waals surface area (Å²) >= 11 is 0. The Bertz CT molecular complexity index is 433. The molecule has 0 aromatic heterocycles. The van der Waals surface area contributed by atoms with E-state index in [1.54, 1.807) is 0 Å². The van der Waals surface area contributed by atoms with E-state index < -0.39 is 0 Å². The van der Waals surface area contributed by atoms with Gasteiger partial charge in [-0.3, -0.25) is 4.99 Å². The van der Waals surface area contributed by atoms with Gasteiger partial charge in [0.2, 0.25) is 0 Å². The summed E-state index contributed by atoms with van der Waals surface area (Å²) < 4.78 is 0. The molecule has 76 valence electrons. The van der Waals surface area contributed by atoms with Crippen LogP contribution in [0.4, 0.5) is 0 Å². The molecule has 1 heterocycles. The number of hydrogen-bond acceptors (Lipinski definition) is 1. The van der Waals surface area contributed by atoms with Crippen molar-refractivity contribution in [3.8, 4) is 0 Å². The van der Waals surface area contributed by atoms with Gasteiger partial charge >= 0.3 is 0 Å². The Balaban J connectivity index is 2.35. The zero-order chi connectivity index (χ0) is 10.7. The zero-order valence-corrected chi connectivity index (χ0v) is 9.20. The van der Waals surface area contributed by atoms with Crippen LogP contribution in [0.1, 0.15) is 24.5 Å². The Kier molecular flexibility index (Phi) is 2.82. The molecular weight excluding hydrogens is 182 g/mol. The first kappa shape index (κ1) is 9.91. The molecule has 1 nitrogen and oxygen atoms in total. The van der Waals surface area contributed by atoms with E-state index in [4.69, 9.17) is 0 Å². The maximum Gasteiger partial charge on any atom is 0.0345 e. The van der Waals surface area contributed by atoms with Crippen LogP contribution in [0.3, 0.4) is 0 Å². The van der Waals surface area contributed by atoms with Gasteiger partial charge in [0.15, 0.2) is 0 Å². The van der Waals surface area contributed by atoms with Crippen molar-refractivity contribution in [1.29, 1.82) is 0 Å². The lowest BCUT2D eigenvalue weighted by atomic mass is 10.0. The summed E-state index contributed by atoms with van der Waals surface area (Å²) in [5, 5.41) is 0. The van der Waals surface area contributed by atoms with Crippen LogP contribution in [0.15, 0.2) is 47.6 Å². The van der Waals surface area contributed by atoms with Crippen molar-refractivity contribution in [3.63, 3.8) is 0 Å². The monoisotopic (exact) mass is 197 g/mol. The fourth-order valence-corrected chi connectivity index (χ4v) is 1.55. The first-order chi connectivity index (χ1) is 7.25. The molecule has 15 heavy (non-hydrogen) atoms. The van der Waals surface area contributed by atoms with E-state index in [2.05, 4.69) is 55.3 Å². The van der Waals surface area contributed by atoms with Crippen LogP contribution >= 0.6 is 0 Å². The van der Waals surface area contributed by atoms with Crippen molar-refractivity contribution in [2.75, 3.05) is 0 Å². The molecule has 0 saturated carbocycles. The number of aryl methyl sites for hydroxylation is 1. The minimum absolute atomic E-state index is 0.950. The van der Waals surface area contributed by atoms with E-state index in [1.165, 1.54) is 16.7 Å². The van der Waals surface area contributed by atoms with E-state index in [0.717, 1.165) is 12.1 Å². The molecule has 0 spiro atoms. The minimum Gasteiger partial charge on any atom is -0.265 e. The van der Waals surface area contributed by atoms with Crippen molar-refractivity contribution < 1.29 is 0 Å². The van der Waals surface area contributed by atoms with Gasteiger partial charge in [-0.1, -0.05) is 42.0 Å². The largest absolute Gasteiger partial charge is 0.265 e. The second-order valence-corrected chi connectivity index (χ2v) is 3.92. The van der Waals surface area contributed by atoms with Crippen molar-refractivity contribution in [1.82, 2.24) is 0 Å². The zero-order valence-electron chi connectivity index (χ0n) is 9.20. The molecular formula is C14H15N. The van der Waals surface area contributed by atoms with Gasteiger partial charge < -0.3 is 0 Å². The van der Waals surface area contributed by atoms with E-state index >= 15 is 0 Å². The molecule has 0 atom stereocenters. The average molecular weight is 197 g/mol. The van der Waals surface area contributed by atoms with Crippen LogP contribution in [0.25, 0.3) is 5.57 Å². The standard InChI is InChI=1S/C14H15N/c1-11-6-8-13(9-7-11)14-5-3-4-12(2)15-10-14/h3,5-10H,4H2,1-2H3. The lowest BCUT2D eigenvalue weighted by Crippen LogP contribution is -1.83. The van der Waals surface area contributed by atoms with Crippen molar-refractivity contribution in [2.45, 2.75) is 20.3 Å². The molecule has 0 bridgehead atoms. The van der Waals surface area contributed by atoms with Gasteiger partial charge in [-0.15, -0.1) is 0 Å². The van der Waals surface area contributed by atoms with Gasteiger partial charge in [0, 0.05) is 18.3 Å². The highest BCUT2D eigenvalue weighted by molar-refractivity contribution is 5.87. The Morgan fingerprint density at radius 1 is 1.07 bits per heavy atom. The molecule has 0 amide bonds. The number of aliphatic imine (C=N–C) groups is 1. The van der Waals surface area contributed by atoms with Gasteiger partial charge in [-0.2, -0.15) is 0 Å². The molecule has 1 heteroatoms. The summed E-state index contributed by atoms with van der Waals surface area (Å²) in [5.41, 5.74) is 4.87. The number of allylic oxidation sites excluding steroid dienone is 3. The number of rotatable bonds is 1. The Morgan fingerprint density at radius 3 is 2.53 bits per heavy atom. The second-order valence-electron chi connectivity index (χ2n) is 3.92. The molecule has 0 saturated heterocycles. The Hall–Kier alpha value is -1.63. The second kappa shape index (κ2) is 4.26. The molecule has 1 aliphatic rings. The van der Waals surface area contributed by atoms with Gasteiger partial charge in [0.25, 0.3) is 0 Å². The maximum absolute atomic E-state index is 4.40. The molecule has 2 rings (SSSR count). The third kappa shape index (κ3) is 2.44. The van der Waals surface area contributed by atoms with Gasteiger partial charge in [-0.05, 0) is 25.0 Å². The van der Waals surface area contributed by atoms with Crippen LogP contribution in [0.5, 0.6) is 0 Å². The SMILES string of the molecule is CC1=NC=C(c2ccc(C)cc2)C=CC1. The lowest BCUT2D eigenvalue weighted by Gasteiger charge is -2.00. The fourth-order valence-electron chi connectivity index (χ4n) is 1.55. The van der Waals surface area contributed by atoms with E-state index in [0.29, 0.717) is 0 Å². The van der Waals surface area contributed by atoms with Crippen molar-refractivity contribution in [2.24, 2.45) is 4.99 Å². The molecule has 0 unspecified atom stereocenters. The highest BCUT2D eigenvalue weighted by Crippen LogP contribution is 2.18. The predicted molar refractivity (Wildman–Crippen MR) is 66.0 cm³/mol. The van der Waals surface area contributed by atoms with E-state index in [-0.39, 0.29) is 0 Å². The number of benzene rings is 1. The topological polar surface area (TPSA) is 12.4 Å². The number of hydrogen-bond donors (Lipinski definition) is 0. The highest BCUT2D eigenvalue weighted by Gasteiger charge is 2.00.